The maximum atomic E-state index is 11.8. The van der Waals surface area contributed by atoms with Gasteiger partial charge in [0.15, 0.2) is 5.56 Å². The van der Waals surface area contributed by atoms with E-state index in [1.54, 1.807) is 13.1 Å². The number of anilines is 3. The van der Waals surface area contributed by atoms with E-state index in [0.717, 1.165) is 29.9 Å². The number of fused-ring (bicyclic) bond motifs is 1. The predicted octanol–water partition coefficient (Wildman–Crippen LogP) is 2.68. The van der Waals surface area contributed by atoms with Gasteiger partial charge in [0.2, 0.25) is 0 Å². The van der Waals surface area contributed by atoms with Crippen molar-refractivity contribution in [3.63, 3.8) is 0 Å². The van der Waals surface area contributed by atoms with Crippen LogP contribution in [0.15, 0.2) is 16.9 Å². The summed E-state index contributed by atoms with van der Waals surface area (Å²) in [5.41, 5.74) is 2.73. The lowest BCUT2D eigenvalue weighted by atomic mass is 10.1. The van der Waals surface area contributed by atoms with Crippen LogP contribution in [0.1, 0.15) is 11.1 Å². The van der Waals surface area contributed by atoms with E-state index >= 15 is 0 Å². The van der Waals surface area contributed by atoms with Gasteiger partial charge < -0.3 is 10.6 Å². The van der Waals surface area contributed by atoms with Gasteiger partial charge >= 0.3 is 0 Å². The summed E-state index contributed by atoms with van der Waals surface area (Å²) in [4.78, 5) is 11.8. The number of aromatic nitrogens is 1. The molecule has 0 saturated heterocycles. The second kappa shape index (κ2) is 4.85. The highest BCUT2D eigenvalue weighted by Gasteiger charge is 2.20. The Morgan fingerprint density at radius 1 is 1.55 bits per heavy atom. The molecule has 1 aromatic heterocycles. The quantitative estimate of drug-likeness (QED) is 0.895. The zero-order valence-corrected chi connectivity index (χ0v) is 12.2. The Bertz CT molecular complexity index is 787. The highest BCUT2D eigenvalue weighted by Crippen LogP contribution is 2.38. The van der Waals surface area contributed by atoms with Crippen LogP contribution in [-0.2, 0) is 13.5 Å². The number of hydrogen-bond donors (Lipinski definition) is 2. The zero-order chi connectivity index (χ0) is 14.3. The molecule has 0 saturated carbocycles. The van der Waals surface area contributed by atoms with Gasteiger partial charge in [-0.25, -0.2) is 0 Å². The van der Waals surface area contributed by atoms with E-state index in [9.17, 15) is 4.79 Å². The van der Waals surface area contributed by atoms with E-state index in [1.807, 2.05) is 12.1 Å². The van der Waals surface area contributed by atoms with Gasteiger partial charge in [-0.15, -0.1) is 0 Å². The molecule has 0 atom stereocenters. The van der Waals surface area contributed by atoms with Gasteiger partial charge in [0.05, 0.1) is 10.7 Å². The molecule has 2 aromatic rings. The summed E-state index contributed by atoms with van der Waals surface area (Å²) in [5, 5.41) is 16.7. The molecule has 1 aliphatic rings. The molecule has 102 valence electrons. The van der Waals surface area contributed by atoms with E-state index in [2.05, 4.69) is 10.6 Å². The van der Waals surface area contributed by atoms with Crippen molar-refractivity contribution >= 4 is 39.5 Å². The minimum atomic E-state index is -0.290. The van der Waals surface area contributed by atoms with Crippen molar-refractivity contribution in [3.8, 4) is 6.07 Å². The van der Waals surface area contributed by atoms with Crippen LogP contribution in [0.4, 0.5) is 16.4 Å². The number of hydrogen-bond acceptors (Lipinski definition) is 5. The molecule has 0 amide bonds. The molecule has 7 heteroatoms. The Kier molecular flexibility index (Phi) is 3.16. The lowest BCUT2D eigenvalue weighted by Gasteiger charge is -2.11. The lowest BCUT2D eigenvalue weighted by Crippen LogP contribution is -2.11. The molecule has 0 spiro atoms. The van der Waals surface area contributed by atoms with Gasteiger partial charge in [0.25, 0.3) is 5.56 Å². The molecule has 0 radical (unpaired) electrons. The van der Waals surface area contributed by atoms with E-state index in [-0.39, 0.29) is 11.1 Å². The molecule has 2 N–H and O–H groups in total. The monoisotopic (exact) mass is 306 g/mol. The fourth-order valence-electron chi connectivity index (χ4n) is 2.28. The third kappa shape index (κ3) is 1.96. The normalized spacial score (nSPS) is 12.7. The van der Waals surface area contributed by atoms with Gasteiger partial charge in [0, 0.05) is 24.8 Å². The number of halogens is 1. The molecule has 20 heavy (non-hydrogen) atoms. The lowest BCUT2D eigenvalue weighted by molar-refractivity contribution is 0.976. The minimum absolute atomic E-state index is 0.122. The number of nitrogens with one attached hydrogen (secondary N) is 2. The molecule has 1 aromatic carbocycles. The first-order valence-electron chi connectivity index (χ1n) is 6.04. The maximum Gasteiger partial charge on any atom is 0.280 e. The fraction of sp³-hybridized carbons (Fsp3) is 0.231. The molecular weight excluding hydrogens is 296 g/mol. The highest BCUT2D eigenvalue weighted by molar-refractivity contribution is 7.11. The Morgan fingerprint density at radius 3 is 3.10 bits per heavy atom. The van der Waals surface area contributed by atoms with Crippen LogP contribution < -0.4 is 16.2 Å². The van der Waals surface area contributed by atoms with Crippen LogP contribution in [-0.4, -0.2) is 10.5 Å². The van der Waals surface area contributed by atoms with Crippen LogP contribution >= 0.6 is 23.1 Å². The smallest absolute Gasteiger partial charge is 0.280 e. The van der Waals surface area contributed by atoms with Crippen molar-refractivity contribution in [2.45, 2.75) is 6.42 Å². The second-order valence-electron chi connectivity index (χ2n) is 4.46. The topological polar surface area (TPSA) is 69.8 Å². The Hall–Kier alpha value is -1.97. The van der Waals surface area contributed by atoms with Crippen molar-refractivity contribution in [2.24, 2.45) is 7.05 Å². The zero-order valence-electron chi connectivity index (χ0n) is 10.7. The summed E-state index contributed by atoms with van der Waals surface area (Å²) in [7, 11) is 1.64. The number of benzene rings is 1. The molecule has 5 nitrogen and oxygen atoms in total. The summed E-state index contributed by atoms with van der Waals surface area (Å²) < 4.78 is 1.43. The van der Waals surface area contributed by atoms with Crippen LogP contribution in [0, 0.1) is 11.3 Å². The van der Waals surface area contributed by atoms with Crippen LogP contribution in [0.2, 0.25) is 5.02 Å². The summed E-state index contributed by atoms with van der Waals surface area (Å²) in [6.45, 7) is 0.862. The minimum Gasteiger partial charge on any atom is -0.384 e. The summed E-state index contributed by atoms with van der Waals surface area (Å²) in [6.07, 6.45) is 0.863. The molecule has 3 rings (SSSR count). The molecule has 0 fully saturated rings. The Balaban J connectivity index is 2.10. The van der Waals surface area contributed by atoms with Crippen molar-refractivity contribution in [2.75, 3.05) is 17.2 Å². The number of aryl methyl sites for hydroxylation is 1. The number of nitriles is 1. The first-order chi connectivity index (χ1) is 9.61. The van der Waals surface area contributed by atoms with Gasteiger partial charge in [-0.2, -0.15) is 5.26 Å². The van der Waals surface area contributed by atoms with Gasteiger partial charge in [-0.3, -0.25) is 8.75 Å². The number of nitrogens with zero attached hydrogens (tertiary/aromatic N) is 2. The van der Waals surface area contributed by atoms with Crippen molar-refractivity contribution in [3.05, 3.63) is 38.6 Å². The van der Waals surface area contributed by atoms with Gasteiger partial charge in [-0.1, -0.05) is 11.6 Å². The average molecular weight is 307 g/mol. The summed E-state index contributed by atoms with van der Waals surface area (Å²) >= 11 is 7.45. The molecule has 0 bridgehead atoms. The van der Waals surface area contributed by atoms with Gasteiger partial charge in [-0.05, 0) is 30.1 Å². The molecule has 0 aliphatic carbocycles. The molecule has 1 aliphatic heterocycles. The maximum absolute atomic E-state index is 11.8. The third-order valence-corrected chi connectivity index (χ3v) is 4.50. The average Bonchev–Trinajstić information content (AvgIpc) is 2.99. The van der Waals surface area contributed by atoms with Crippen LogP contribution in [0.3, 0.4) is 0 Å². The summed E-state index contributed by atoms with van der Waals surface area (Å²) in [5.74, 6) is 0. The fourth-order valence-corrected chi connectivity index (χ4v) is 3.32. The van der Waals surface area contributed by atoms with Crippen LogP contribution in [0.25, 0.3) is 0 Å². The van der Waals surface area contributed by atoms with Gasteiger partial charge in [0.1, 0.15) is 11.1 Å². The third-order valence-electron chi connectivity index (χ3n) is 3.26. The van der Waals surface area contributed by atoms with Crippen molar-refractivity contribution < 1.29 is 0 Å². The molecule has 2 heterocycles. The van der Waals surface area contributed by atoms with E-state index < -0.39 is 0 Å². The Morgan fingerprint density at radius 2 is 2.35 bits per heavy atom. The predicted molar refractivity (Wildman–Crippen MR) is 81.2 cm³/mol. The SMILES string of the molecule is Cn1sc(Nc2c(Cl)ccc3c2CCN3)c(C#N)c1=O. The summed E-state index contributed by atoms with van der Waals surface area (Å²) in [6, 6.07) is 5.69. The first-order valence-corrected chi connectivity index (χ1v) is 7.19. The van der Waals surface area contributed by atoms with Crippen LogP contribution in [0.5, 0.6) is 0 Å². The highest BCUT2D eigenvalue weighted by atomic mass is 35.5. The first kappa shape index (κ1) is 13.0. The second-order valence-corrected chi connectivity index (χ2v) is 6.01. The number of rotatable bonds is 2. The largest absolute Gasteiger partial charge is 0.384 e. The standard InChI is InChI=1S/C13H11ClN4OS/c1-18-13(19)8(6-15)12(20-18)17-11-7-4-5-16-10(7)3-2-9(11)14/h2-3,16-17H,4-5H2,1H3. The Labute approximate surface area is 124 Å². The molecular formula is C13H11ClN4OS. The van der Waals surface area contributed by atoms with E-state index in [4.69, 9.17) is 16.9 Å². The van der Waals surface area contributed by atoms with Crippen molar-refractivity contribution in [1.82, 2.24) is 3.96 Å². The van der Waals surface area contributed by atoms with E-state index in [1.165, 1.54) is 15.5 Å². The molecule has 0 unspecified atom stereocenters. The van der Waals surface area contributed by atoms with Crippen molar-refractivity contribution in [1.29, 1.82) is 5.26 Å². The van der Waals surface area contributed by atoms with E-state index in [0.29, 0.717) is 10.0 Å².